The minimum absolute atomic E-state index is 0.0546. The number of aromatic nitrogens is 2. The molecule has 1 amide bonds. The number of methoxy groups -OCH3 is 1. The van der Waals surface area contributed by atoms with Crippen LogP contribution in [0.1, 0.15) is 19.2 Å². The molecule has 0 atom stereocenters. The number of amides is 1. The lowest BCUT2D eigenvalue weighted by atomic mass is 10.3. The molecule has 142 valence electrons. The molecule has 0 aliphatic rings. The number of imidazole rings is 1. The summed E-state index contributed by atoms with van der Waals surface area (Å²) in [7, 11) is 1.64. The van der Waals surface area contributed by atoms with Crippen LogP contribution in [0.5, 0.6) is 11.5 Å². The first kappa shape index (κ1) is 18.8. The fourth-order valence-corrected chi connectivity index (χ4v) is 2.95. The highest BCUT2D eigenvalue weighted by molar-refractivity contribution is 5.76. The van der Waals surface area contributed by atoms with E-state index in [-0.39, 0.29) is 5.91 Å². The highest BCUT2D eigenvalue weighted by Crippen LogP contribution is 2.20. The van der Waals surface area contributed by atoms with Gasteiger partial charge in [0.25, 0.3) is 0 Å². The van der Waals surface area contributed by atoms with Crippen LogP contribution in [-0.4, -0.2) is 35.7 Å². The van der Waals surface area contributed by atoms with E-state index in [1.807, 2.05) is 49.4 Å². The largest absolute Gasteiger partial charge is 0.497 e. The van der Waals surface area contributed by atoms with Crippen LogP contribution in [-0.2, 0) is 17.8 Å². The maximum Gasteiger partial charge on any atom is 0.219 e. The molecule has 6 heteroatoms. The van der Waals surface area contributed by atoms with E-state index in [0.717, 1.165) is 28.4 Å². The number of carbonyl (C=O) groups excluding carboxylic acids is 1. The molecular formula is C21H25N3O3. The van der Waals surface area contributed by atoms with Crippen LogP contribution in [0.25, 0.3) is 11.0 Å². The first-order valence-corrected chi connectivity index (χ1v) is 9.19. The first-order valence-electron chi connectivity index (χ1n) is 9.19. The van der Waals surface area contributed by atoms with Gasteiger partial charge >= 0.3 is 0 Å². The van der Waals surface area contributed by atoms with E-state index in [0.29, 0.717) is 32.5 Å². The molecule has 27 heavy (non-hydrogen) atoms. The number of para-hydroxylation sites is 2. The number of carbonyl (C=O) groups is 1. The lowest BCUT2D eigenvalue weighted by molar-refractivity contribution is -0.120. The van der Waals surface area contributed by atoms with Crippen molar-refractivity contribution < 1.29 is 14.3 Å². The van der Waals surface area contributed by atoms with Crippen molar-refractivity contribution in [2.75, 3.05) is 20.3 Å². The second kappa shape index (κ2) is 9.07. The van der Waals surface area contributed by atoms with Gasteiger partial charge in [-0.3, -0.25) is 4.79 Å². The average molecular weight is 367 g/mol. The van der Waals surface area contributed by atoms with E-state index in [1.54, 1.807) is 7.11 Å². The van der Waals surface area contributed by atoms with Gasteiger partial charge < -0.3 is 19.4 Å². The molecule has 0 fully saturated rings. The zero-order chi connectivity index (χ0) is 19.1. The molecule has 0 radical (unpaired) electrons. The Morgan fingerprint density at radius 1 is 1.15 bits per heavy atom. The third-order valence-corrected chi connectivity index (χ3v) is 4.35. The molecule has 0 spiro atoms. The molecule has 6 nitrogen and oxygen atoms in total. The molecule has 0 bridgehead atoms. The smallest absolute Gasteiger partial charge is 0.219 e. The Kier molecular flexibility index (Phi) is 6.30. The van der Waals surface area contributed by atoms with Gasteiger partial charge in [0.05, 0.1) is 24.7 Å². The number of ether oxygens (including phenoxy) is 2. The standard InChI is InChI=1S/C21H25N3O3/c1-3-21(25)22-12-11-20-23-18-9-4-5-10-19(18)24(20)13-14-27-17-8-6-7-16(15-17)26-2/h4-10,15H,3,11-14H2,1-2H3,(H,22,25). The molecule has 1 heterocycles. The van der Waals surface area contributed by atoms with Crippen LogP contribution >= 0.6 is 0 Å². The van der Waals surface area contributed by atoms with Crippen LogP contribution in [0.3, 0.4) is 0 Å². The number of benzene rings is 2. The quantitative estimate of drug-likeness (QED) is 0.631. The monoisotopic (exact) mass is 367 g/mol. The summed E-state index contributed by atoms with van der Waals surface area (Å²) in [5.74, 6) is 2.55. The highest BCUT2D eigenvalue weighted by Gasteiger charge is 2.11. The van der Waals surface area contributed by atoms with Crippen molar-refractivity contribution in [2.24, 2.45) is 0 Å². The molecular weight excluding hydrogens is 342 g/mol. The van der Waals surface area contributed by atoms with Crippen molar-refractivity contribution in [2.45, 2.75) is 26.3 Å². The first-order chi connectivity index (χ1) is 13.2. The number of fused-ring (bicyclic) bond motifs is 1. The summed E-state index contributed by atoms with van der Waals surface area (Å²) >= 11 is 0. The van der Waals surface area contributed by atoms with Gasteiger partial charge in [-0.15, -0.1) is 0 Å². The minimum atomic E-state index is 0.0546. The summed E-state index contributed by atoms with van der Waals surface area (Å²) < 4.78 is 13.3. The van der Waals surface area contributed by atoms with Crippen molar-refractivity contribution in [1.82, 2.24) is 14.9 Å². The maximum atomic E-state index is 11.5. The maximum absolute atomic E-state index is 11.5. The van der Waals surface area contributed by atoms with Gasteiger partial charge in [-0.2, -0.15) is 0 Å². The van der Waals surface area contributed by atoms with Gasteiger partial charge in [-0.25, -0.2) is 4.98 Å². The summed E-state index contributed by atoms with van der Waals surface area (Å²) in [5.41, 5.74) is 2.03. The molecule has 0 unspecified atom stereocenters. The van der Waals surface area contributed by atoms with Gasteiger partial charge in [-0.05, 0) is 24.3 Å². The van der Waals surface area contributed by atoms with Crippen LogP contribution < -0.4 is 14.8 Å². The second-order valence-electron chi connectivity index (χ2n) is 6.15. The molecule has 1 aromatic heterocycles. The van der Waals surface area contributed by atoms with Gasteiger partial charge in [0.2, 0.25) is 5.91 Å². The summed E-state index contributed by atoms with van der Waals surface area (Å²) in [4.78, 5) is 16.2. The third-order valence-electron chi connectivity index (χ3n) is 4.35. The highest BCUT2D eigenvalue weighted by atomic mass is 16.5. The number of nitrogens with one attached hydrogen (secondary N) is 1. The molecule has 3 rings (SSSR count). The van der Waals surface area contributed by atoms with Crippen molar-refractivity contribution in [1.29, 1.82) is 0 Å². The van der Waals surface area contributed by atoms with E-state index < -0.39 is 0 Å². The van der Waals surface area contributed by atoms with Crippen molar-refractivity contribution >= 4 is 16.9 Å². The number of nitrogens with zero attached hydrogens (tertiary/aromatic N) is 2. The average Bonchev–Trinajstić information content (AvgIpc) is 3.05. The Morgan fingerprint density at radius 3 is 2.78 bits per heavy atom. The molecule has 2 aromatic carbocycles. The van der Waals surface area contributed by atoms with E-state index in [4.69, 9.17) is 14.5 Å². The zero-order valence-electron chi connectivity index (χ0n) is 15.8. The Balaban J connectivity index is 1.69. The third kappa shape index (κ3) is 4.78. The topological polar surface area (TPSA) is 65.4 Å². The molecule has 3 aromatic rings. The number of hydrogen-bond donors (Lipinski definition) is 1. The van der Waals surface area contributed by atoms with Crippen LogP contribution in [0.15, 0.2) is 48.5 Å². The number of hydrogen-bond acceptors (Lipinski definition) is 4. The summed E-state index contributed by atoms with van der Waals surface area (Å²) in [5, 5.41) is 2.91. The van der Waals surface area contributed by atoms with Gasteiger partial charge in [0, 0.05) is 25.5 Å². The van der Waals surface area contributed by atoms with E-state index >= 15 is 0 Å². The molecule has 1 N–H and O–H groups in total. The van der Waals surface area contributed by atoms with Crippen molar-refractivity contribution in [3.8, 4) is 11.5 Å². The van der Waals surface area contributed by atoms with Crippen LogP contribution in [0, 0.1) is 0 Å². The van der Waals surface area contributed by atoms with Crippen LogP contribution in [0.4, 0.5) is 0 Å². The minimum Gasteiger partial charge on any atom is -0.497 e. The normalized spacial score (nSPS) is 10.7. The molecule has 0 saturated heterocycles. The Bertz CT molecular complexity index is 905. The summed E-state index contributed by atoms with van der Waals surface area (Å²) in [6.45, 7) is 3.61. The van der Waals surface area contributed by atoms with E-state index in [2.05, 4.69) is 16.0 Å². The fraction of sp³-hybridized carbons (Fsp3) is 0.333. The Morgan fingerprint density at radius 2 is 1.96 bits per heavy atom. The van der Waals surface area contributed by atoms with Crippen molar-refractivity contribution in [3.63, 3.8) is 0 Å². The number of rotatable bonds is 9. The van der Waals surface area contributed by atoms with Gasteiger partial charge in [0.1, 0.15) is 23.9 Å². The Labute approximate surface area is 159 Å². The van der Waals surface area contributed by atoms with E-state index in [9.17, 15) is 4.79 Å². The zero-order valence-corrected chi connectivity index (χ0v) is 15.8. The van der Waals surface area contributed by atoms with Crippen molar-refractivity contribution in [3.05, 3.63) is 54.4 Å². The fourth-order valence-electron chi connectivity index (χ4n) is 2.95. The van der Waals surface area contributed by atoms with E-state index in [1.165, 1.54) is 0 Å². The summed E-state index contributed by atoms with van der Waals surface area (Å²) in [6, 6.07) is 15.6. The predicted octanol–water partition coefficient (Wildman–Crippen LogP) is 3.19. The summed E-state index contributed by atoms with van der Waals surface area (Å²) in [6.07, 6.45) is 1.17. The lowest BCUT2D eigenvalue weighted by Gasteiger charge is -2.12. The molecule has 0 saturated carbocycles. The SMILES string of the molecule is CCC(=O)NCCc1nc2ccccc2n1CCOc1cccc(OC)c1. The van der Waals surface area contributed by atoms with Gasteiger partial charge in [-0.1, -0.05) is 25.1 Å². The predicted molar refractivity (Wildman–Crippen MR) is 105 cm³/mol. The lowest BCUT2D eigenvalue weighted by Crippen LogP contribution is -2.25. The van der Waals surface area contributed by atoms with Crippen LogP contribution in [0.2, 0.25) is 0 Å². The van der Waals surface area contributed by atoms with Gasteiger partial charge in [0.15, 0.2) is 0 Å². The Hall–Kier alpha value is -3.02. The molecule has 0 aliphatic heterocycles. The molecule has 0 aliphatic carbocycles. The second-order valence-corrected chi connectivity index (χ2v) is 6.15.